The molecule has 0 aliphatic rings. The van der Waals surface area contributed by atoms with Gasteiger partial charge in [-0.25, -0.2) is 0 Å². The van der Waals surface area contributed by atoms with Crippen LogP contribution in [-0.4, -0.2) is 0 Å². The second-order valence-corrected chi connectivity index (χ2v) is 4.22. The summed E-state index contributed by atoms with van der Waals surface area (Å²) in [7, 11) is 0. The van der Waals surface area contributed by atoms with E-state index in [1.54, 1.807) is 12.5 Å². The first-order valence-electron chi connectivity index (χ1n) is 5.52. The van der Waals surface area contributed by atoms with Crippen molar-refractivity contribution >= 4 is 11.0 Å². The Morgan fingerprint density at radius 2 is 2.06 bits per heavy atom. The molecule has 3 rings (SSSR count). The zero-order chi connectivity index (χ0) is 11.8. The van der Waals surface area contributed by atoms with E-state index in [1.165, 1.54) is 5.56 Å². The summed E-state index contributed by atoms with van der Waals surface area (Å²) >= 11 is 0. The molecule has 0 bridgehead atoms. The van der Waals surface area contributed by atoms with E-state index in [0.29, 0.717) is 0 Å². The lowest BCUT2D eigenvalue weighted by molar-refractivity contribution is 0.517. The Morgan fingerprint density at radius 1 is 1.18 bits per heavy atom. The van der Waals surface area contributed by atoms with Crippen LogP contribution >= 0.6 is 0 Å². The topological polar surface area (TPSA) is 52.3 Å². The second-order valence-electron chi connectivity index (χ2n) is 4.22. The maximum atomic E-state index is 6.11. The number of rotatable bonds is 2. The number of fused-ring (bicyclic) bond motifs is 1. The van der Waals surface area contributed by atoms with Gasteiger partial charge in [0.15, 0.2) is 0 Å². The maximum Gasteiger partial charge on any atom is 0.134 e. The number of nitrogens with two attached hydrogens (primary N) is 1. The number of benzene rings is 1. The fourth-order valence-electron chi connectivity index (χ4n) is 1.95. The van der Waals surface area contributed by atoms with Gasteiger partial charge in [-0.05, 0) is 31.2 Å². The second kappa shape index (κ2) is 3.79. The van der Waals surface area contributed by atoms with Crippen molar-refractivity contribution in [1.29, 1.82) is 0 Å². The van der Waals surface area contributed by atoms with E-state index in [2.05, 4.69) is 13.0 Å². The van der Waals surface area contributed by atoms with Gasteiger partial charge in [-0.2, -0.15) is 0 Å². The molecule has 1 atom stereocenters. The summed E-state index contributed by atoms with van der Waals surface area (Å²) in [4.78, 5) is 0. The molecule has 17 heavy (non-hydrogen) atoms. The normalized spacial score (nSPS) is 13.1. The van der Waals surface area contributed by atoms with Crippen molar-refractivity contribution in [2.45, 2.75) is 13.0 Å². The molecule has 3 heteroatoms. The smallest absolute Gasteiger partial charge is 0.134 e. The summed E-state index contributed by atoms with van der Waals surface area (Å²) in [5.74, 6) is 0.756. The van der Waals surface area contributed by atoms with Crippen LogP contribution in [0.25, 0.3) is 11.0 Å². The lowest BCUT2D eigenvalue weighted by Crippen LogP contribution is -2.09. The highest BCUT2D eigenvalue weighted by Crippen LogP contribution is 2.27. The predicted molar refractivity (Wildman–Crippen MR) is 65.7 cm³/mol. The van der Waals surface area contributed by atoms with Crippen LogP contribution in [-0.2, 0) is 0 Å². The molecule has 0 radical (unpaired) electrons. The summed E-state index contributed by atoms with van der Waals surface area (Å²) in [6.45, 7) is 2.06. The van der Waals surface area contributed by atoms with Crippen LogP contribution in [0.5, 0.6) is 0 Å². The molecule has 1 unspecified atom stereocenters. The van der Waals surface area contributed by atoms with Gasteiger partial charge in [-0.3, -0.25) is 0 Å². The van der Waals surface area contributed by atoms with Gasteiger partial charge in [0, 0.05) is 10.9 Å². The minimum Gasteiger partial charge on any atom is -0.472 e. The van der Waals surface area contributed by atoms with Gasteiger partial charge in [-0.15, -0.1) is 0 Å². The van der Waals surface area contributed by atoms with Crippen LogP contribution in [0.1, 0.15) is 22.9 Å². The largest absolute Gasteiger partial charge is 0.472 e. The lowest BCUT2D eigenvalue weighted by Gasteiger charge is -2.03. The van der Waals surface area contributed by atoms with E-state index in [0.717, 1.165) is 22.3 Å². The van der Waals surface area contributed by atoms with Crippen LogP contribution in [0.15, 0.2) is 51.7 Å². The highest BCUT2D eigenvalue weighted by Gasteiger charge is 2.15. The summed E-state index contributed by atoms with van der Waals surface area (Å²) in [6, 6.07) is 9.64. The standard InChI is InChI=1S/C14H13NO2/c1-9-2-3-12-11(6-9)7-13(17-12)14(15)10-4-5-16-8-10/h2-8,14H,15H2,1H3. The van der Waals surface area contributed by atoms with Crippen molar-refractivity contribution in [3.05, 3.63) is 59.7 Å². The van der Waals surface area contributed by atoms with Crippen molar-refractivity contribution < 1.29 is 8.83 Å². The number of hydrogen-bond acceptors (Lipinski definition) is 3. The molecule has 0 saturated heterocycles. The van der Waals surface area contributed by atoms with Gasteiger partial charge in [0.1, 0.15) is 11.3 Å². The Hall–Kier alpha value is -2.00. The average molecular weight is 227 g/mol. The van der Waals surface area contributed by atoms with E-state index in [1.807, 2.05) is 24.3 Å². The zero-order valence-corrected chi connectivity index (χ0v) is 9.51. The Morgan fingerprint density at radius 3 is 2.82 bits per heavy atom. The Bertz CT molecular complexity index is 637. The van der Waals surface area contributed by atoms with Crippen LogP contribution in [0.3, 0.4) is 0 Å². The number of hydrogen-bond donors (Lipinski definition) is 1. The van der Waals surface area contributed by atoms with Crippen molar-refractivity contribution in [1.82, 2.24) is 0 Å². The first-order chi connectivity index (χ1) is 8.24. The van der Waals surface area contributed by atoms with E-state index in [9.17, 15) is 0 Å². The molecule has 1 aromatic carbocycles. The van der Waals surface area contributed by atoms with Gasteiger partial charge in [0.2, 0.25) is 0 Å². The monoisotopic (exact) mass is 227 g/mol. The van der Waals surface area contributed by atoms with Crippen LogP contribution in [0.2, 0.25) is 0 Å². The SMILES string of the molecule is Cc1ccc2oc(C(N)c3ccoc3)cc2c1. The van der Waals surface area contributed by atoms with Crippen LogP contribution in [0.4, 0.5) is 0 Å². The van der Waals surface area contributed by atoms with E-state index >= 15 is 0 Å². The first-order valence-corrected chi connectivity index (χ1v) is 5.52. The minimum absolute atomic E-state index is 0.276. The van der Waals surface area contributed by atoms with Gasteiger partial charge in [-0.1, -0.05) is 11.6 Å². The van der Waals surface area contributed by atoms with Crippen molar-refractivity contribution in [3.8, 4) is 0 Å². The molecular weight excluding hydrogens is 214 g/mol. The molecule has 2 aromatic heterocycles. The average Bonchev–Trinajstić information content (AvgIpc) is 2.96. The fourth-order valence-corrected chi connectivity index (χ4v) is 1.95. The van der Waals surface area contributed by atoms with E-state index < -0.39 is 0 Å². The van der Waals surface area contributed by atoms with Crippen LogP contribution < -0.4 is 5.73 Å². The molecule has 2 heterocycles. The van der Waals surface area contributed by atoms with Gasteiger partial charge in [0.05, 0.1) is 18.6 Å². The van der Waals surface area contributed by atoms with E-state index in [-0.39, 0.29) is 6.04 Å². The third kappa shape index (κ3) is 1.74. The van der Waals surface area contributed by atoms with Crippen molar-refractivity contribution in [3.63, 3.8) is 0 Å². The van der Waals surface area contributed by atoms with Crippen molar-refractivity contribution in [2.24, 2.45) is 5.73 Å². The minimum atomic E-state index is -0.276. The third-order valence-corrected chi connectivity index (χ3v) is 2.90. The molecule has 0 aliphatic heterocycles. The Balaban J connectivity index is 2.06. The Kier molecular flexibility index (Phi) is 2.27. The zero-order valence-electron chi connectivity index (χ0n) is 9.51. The summed E-state index contributed by atoms with van der Waals surface area (Å²) in [5, 5.41) is 1.08. The quantitative estimate of drug-likeness (QED) is 0.730. The van der Waals surface area contributed by atoms with E-state index in [4.69, 9.17) is 14.6 Å². The molecule has 0 aliphatic carbocycles. The number of furan rings is 2. The first kappa shape index (κ1) is 10.2. The molecular formula is C14H13NO2. The van der Waals surface area contributed by atoms with Crippen molar-refractivity contribution in [2.75, 3.05) is 0 Å². The van der Waals surface area contributed by atoms with Crippen LogP contribution in [0, 0.1) is 6.92 Å². The fraction of sp³-hybridized carbons (Fsp3) is 0.143. The molecule has 2 N–H and O–H groups in total. The highest BCUT2D eigenvalue weighted by atomic mass is 16.3. The lowest BCUT2D eigenvalue weighted by atomic mass is 10.1. The molecule has 3 aromatic rings. The molecule has 0 fully saturated rings. The molecule has 0 spiro atoms. The number of aryl methyl sites for hydroxylation is 1. The summed E-state index contributed by atoms with van der Waals surface area (Å²) in [5.41, 5.74) is 9.10. The third-order valence-electron chi connectivity index (χ3n) is 2.90. The molecule has 0 saturated carbocycles. The highest BCUT2D eigenvalue weighted by molar-refractivity contribution is 5.78. The molecule has 3 nitrogen and oxygen atoms in total. The molecule has 86 valence electrons. The van der Waals surface area contributed by atoms with Gasteiger partial charge in [0.25, 0.3) is 0 Å². The molecule has 0 amide bonds. The van der Waals surface area contributed by atoms with Gasteiger partial charge < -0.3 is 14.6 Å². The Labute approximate surface area is 98.8 Å². The maximum absolute atomic E-state index is 6.11. The summed E-state index contributed by atoms with van der Waals surface area (Å²) < 4.78 is 10.8. The summed E-state index contributed by atoms with van der Waals surface area (Å²) in [6.07, 6.45) is 3.26. The predicted octanol–water partition coefficient (Wildman–Crippen LogP) is 3.38. The van der Waals surface area contributed by atoms with Gasteiger partial charge >= 0.3 is 0 Å².